The monoisotopic (exact) mass is 667 g/mol. The van der Waals surface area contributed by atoms with Gasteiger partial charge in [-0.2, -0.15) is 0 Å². The minimum atomic E-state index is 0.514. The van der Waals surface area contributed by atoms with E-state index in [0.717, 1.165) is 83.6 Å². The fourth-order valence-corrected chi connectivity index (χ4v) is 6.99. The molecular weight excluding hydrogens is 635 g/mol. The highest BCUT2D eigenvalue weighted by atomic mass is 15.0. The molecule has 0 spiro atoms. The zero-order valence-electron chi connectivity index (χ0n) is 28.4. The Morgan fingerprint density at radius 2 is 1.25 bits per heavy atom. The van der Waals surface area contributed by atoms with Crippen molar-refractivity contribution in [3.05, 3.63) is 193 Å². The van der Waals surface area contributed by atoms with E-state index in [0.29, 0.717) is 6.54 Å². The van der Waals surface area contributed by atoms with Gasteiger partial charge in [0, 0.05) is 28.3 Å². The third-order valence-corrected chi connectivity index (χ3v) is 9.58. The fourth-order valence-electron chi connectivity index (χ4n) is 6.99. The van der Waals surface area contributed by atoms with Crippen molar-refractivity contribution in [3.63, 3.8) is 0 Å². The number of pyridine rings is 2. The Morgan fingerprint density at radius 1 is 0.577 bits per heavy atom. The summed E-state index contributed by atoms with van der Waals surface area (Å²) in [6, 6.07) is 58.7. The lowest BCUT2D eigenvalue weighted by molar-refractivity contribution is 1.07. The van der Waals surface area contributed by atoms with Gasteiger partial charge in [0.1, 0.15) is 11.2 Å². The molecule has 0 bridgehead atoms. The molecule has 246 valence electrons. The molecule has 3 heterocycles. The second-order valence-electron chi connectivity index (χ2n) is 12.8. The van der Waals surface area contributed by atoms with Crippen LogP contribution in [0.2, 0.25) is 0 Å². The second kappa shape index (κ2) is 13.4. The van der Waals surface area contributed by atoms with Gasteiger partial charge in [0.05, 0.1) is 34.7 Å². The first-order valence-corrected chi connectivity index (χ1v) is 17.4. The molecule has 0 unspecified atom stereocenters. The molecule has 0 aliphatic carbocycles. The summed E-state index contributed by atoms with van der Waals surface area (Å²) >= 11 is 0. The first kappa shape index (κ1) is 31.0. The second-order valence-corrected chi connectivity index (χ2v) is 12.8. The van der Waals surface area contributed by atoms with E-state index < -0.39 is 0 Å². The Labute approximate surface area is 302 Å². The van der Waals surface area contributed by atoms with E-state index in [-0.39, 0.29) is 0 Å². The van der Waals surface area contributed by atoms with E-state index in [1.54, 1.807) is 0 Å². The van der Waals surface area contributed by atoms with Gasteiger partial charge in [0.2, 0.25) is 0 Å². The van der Waals surface area contributed by atoms with Crippen molar-refractivity contribution in [3.8, 4) is 33.5 Å². The molecule has 0 aliphatic heterocycles. The number of aromatic nitrogens is 3. The van der Waals surface area contributed by atoms with Crippen molar-refractivity contribution in [2.45, 2.75) is 6.54 Å². The van der Waals surface area contributed by atoms with Gasteiger partial charge in [0.15, 0.2) is 0 Å². The minimum Gasteiger partial charge on any atom is -0.298 e. The van der Waals surface area contributed by atoms with Gasteiger partial charge in [0.25, 0.3) is 0 Å². The van der Waals surface area contributed by atoms with Crippen LogP contribution in [-0.2, 0) is 6.54 Å². The Morgan fingerprint density at radius 3 is 2.10 bits per heavy atom. The number of benzene rings is 6. The van der Waals surface area contributed by atoms with Gasteiger partial charge >= 0.3 is 0 Å². The minimum absolute atomic E-state index is 0.514. The van der Waals surface area contributed by atoms with Crippen LogP contribution in [0.4, 0.5) is 5.69 Å². The van der Waals surface area contributed by atoms with Crippen LogP contribution in [0.25, 0.3) is 61.1 Å². The number of imidazole rings is 1. The molecule has 52 heavy (non-hydrogen) atoms. The summed E-state index contributed by atoms with van der Waals surface area (Å²) in [5.41, 5.74) is 15.2. The SMILES string of the molecule is C=Nc1ccccc1C(=NCc1cccc(-c2ccc(-c3nc4ccccc4c4nc5ccccn5c34)cc2)c1)c1ccc(-c2ccccc2)cc1. The van der Waals surface area contributed by atoms with Crippen LogP contribution in [-0.4, -0.2) is 26.8 Å². The van der Waals surface area contributed by atoms with Gasteiger partial charge in [-0.15, -0.1) is 0 Å². The summed E-state index contributed by atoms with van der Waals surface area (Å²) in [5, 5.41) is 1.05. The lowest BCUT2D eigenvalue weighted by atomic mass is 9.97. The van der Waals surface area contributed by atoms with E-state index in [1.807, 2.05) is 54.6 Å². The van der Waals surface area contributed by atoms with Crippen molar-refractivity contribution in [2.24, 2.45) is 9.98 Å². The predicted molar refractivity (Wildman–Crippen MR) is 216 cm³/mol. The highest BCUT2D eigenvalue weighted by Gasteiger charge is 2.17. The number of hydrogen-bond donors (Lipinski definition) is 0. The fraction of sp³-hybridized carbons (Fsp3) is 0.0213. The quantitative estimate of drug-likeness (QED) is 0.151. The average Bonchev–Trinajstić information content (AvgIpc) is 3.62. The molecule has 0 atom stereocenters. The molecular formula is C47H33N5. The number of para-hydroxylation sites is 2. The van der Waals surface area contributed by atoms with Gasteiger partial charge in [-0.05, 0) is 64.9 Å². The molecule has 0 N–H and O–H groups in total. The summed E-state index contributed by atoms with van der Waals surface area (Å²) in [6.45, 7) is 4.35. The summed E-state index contributed by atoms with van der Waals surface area (Å²) < 4.78 is 2.14. The molecule has 6 aromatic carbocycles. The highest BCUT2D eigenvalue weighted by molar-refractivity contribution is 6.16. The van der Waals surface area contributed by atoms with Crippen LogP contribution >= 0.6 is 0 Å². The van der Waals surface area contributed by atoms with E-state index >= 15 is 0 Å². The average molecular weight is 668 g/mol. The van der Waals surface area contributed by atoms with Crippen LogP contribution in [0, 0.1) is 0 Å². The Hall–Kier alpha value is -6.98. The molecule has 0 fully saturated rings. The molecule has 5 heteroatoms. The van der Waals surface area contributed by atoms with Crippen LogP contribution < -0.4 is 0 Å². The molecule has 0 radical (unpaired) electrons. The molecule has 9 rings (SSSR count). The van der Waals surface area contributed by atoms with Crippen molar-refractivity contribution < 1.29 is 0 Å². The van der Waals surface area contributed by atoms with Crippen LogP contribution in [0.3, 0.4) is 0 Å². The summed E-state index contributed by atoms with van der Waals surface area (Å²) in [4.78, 5) is 19.7. The smallest absolute Gasteiger partial charge is 0.137 e. The Kier molecular flexibility index (Phi) is 7.99. The van der Waals surface area contributed by atoms with Gasteiger partial charge < -0.3 is 0 Å². The van der Waals surface area contributed by atoms with Crippen molar-refractivity contribution in [2.75, 3.05) is 0 Å². The van der Waals surface area contributed by atoms with Crippen molar-refractivity contribution >= 4 is 45.7 Å². The lowest BCUT2D eigenvalue weighted by Crippen LogP contribution is -2.05. The topological polar surface area (TPSA) is 54.9 Å². The van der Waals surface area contributed by atoms with Crippen LogP contribution in [0.5, 0.6) is 0 Å². The summed E-state index contributed by atoms with van der Waals surface area (Å²) in [6.07, 6.45) is 2.06. The predicted octanol–water partition coefficient (Wildman–Crippen LogP) is 11.4. The largest absolute Gasteiger partial charge is 0.298 e. The number of rotatable bonds is 8. The van der Waals surface area contributed by atoms with E-state index in [9.17, 15) is 0 Å². The summed E-state index contributed by atoms with van der Waals surface area (Å²) in [7, 11) is 0. The molecule has 0 saturated carbocycles. The van der Waals surface area contributed by atoms with Crippen LogP contribution in [0.15, 0.2) is 186 Å². The third-order valence-electron chi connectivity index (χ3n) is 9.58. The van der Waals surface area contributed by atoms with E-state index in [2.05, 4.69) is 138 Å². The molecule has 0 saturated heterocycles. The highest BCUT2D eigenvalue weighted by Crippen LogP contribution is 2.34. The maximum Gasteiger partial charge on any atom is 0.137 e. The normalized spacial score (nSPS) is 11.7. The zero-order chi connectivity index (χ0) is 34.9. The molecule has 0 amide bonds. The number of aliphatic imine (C=N–C) groups is 2. The van der Waals surface area contributed by atoms with Crippen molar-refractivity contribution in [1.82, 2.24) is 14.4 Å². The Bertz CT molecular complexity index is 2760. The molecule has 0 aliphatic rings. The van der Waals surface area contributed by atoms with Crippen molar-refractivity contribution in [1.29, 1.82) is 0 Å². The first-order valence-electron chi connectivity index (χ1n) is 17.4. The number of hydrogen-bond acceptors (Lipinski definition) is 4. The van der Waals surface area contributed by atoms with E-state index in [1.165, 1.54) is 5.56 Å². The van der Waals surface area contributed by atoms with Gasteiger partial charge in [-0.25, -0.2) is 9.97 Å². The molecule has 3 aromatic heterocycles. The zero-order valence-corrected chi connectivity index (χ0v) is 28.4. The molecule has 9 aromatic rings. The van der Waals surface area contributed by atoms with Gasteiger partial charge in [-0.1, -0.05) is 140 Å². The third kappa shape index (κ3) is 5.74. The maximum atomic E-state index is 5.22. The summed E-state index contributed by atoms with van der Waals surface area (Å²) in [5.74, 6) is 0. The molecule has 5 nitrogen and oxygen atoms in total. The van der Waals surface area contributed by atoms with E-state index in [4.69, 9.17) is 15.0 Å². The van der Waals surface area contributed by atoms with Crippen LogP contribution in [0.1, 0.15) is 16.7 Å². The first-order chi connectivity index (χ1) is 25.7. The maximum absolute atomic E-state index is 5.22. The number of nitrogens with zero attached hydrogens (tertiary/aromatic N) is 5. The van der Waals surface area contributed by atoms with Gasteiger partial charge in [-0.3, -0.25) is 14.4 Å². The Balaban J connectivity index is 1.05. The standard InChI is InChI=1S/C47H33N5/c1-48-41-18-7-5-16-39(41)44(36-25-21-34(22-26-36)33-13-3-2-4-14-33)49-31-32-12-11-15-38(30-32)35-23-27-37(28-24-35)45-47-46(40-17-6-8-19-42(40)50-45)51-43-20-9-10-29-52(43)47/h2-30H,1,31H2. The lowest BCUT2D eigenvalue weighted by Gasteiger charge is -2.12. The number of fused-ring (bicyclic) bond motifs is 5.